The van der Waals surface area contributed by atoms with Crippen LogP contribution in [0.15, 0.2) is 12.3 Å². The van der Waals surface area contributed by atoms with Gasteiger partial charge in [-0.15, -0.1) is 12.4 Å². The van der Waals surface area contributed by atoms with E-state index in [1.165, 1.54) is 6.42 Å². The Hall–Kier alpha value is -1.11. The Morgan fingerprint density at radius 1 is 1.33 bits per heavy atom. The van der Waals surface area contributed by atoms with Crippen LogP contribution < -0.4 is 10.6 Å². The van der Waals surface area contributed by atoms with Gasteiger partial charge in [0, 0.05) is 37.9 Å². The molecule has 2 aliphatic rings. The summed E-state index contributed by atoms with van der Waals surface area (Å²) in [5.41, 5.74) is 0.473. The van der Waals surface area contributed by atoms with Gasteiger partial charge in [-0.25, -0.2) is 0 Å². The third-order valence-electron chi connectivity index (χ3n) is 5.89. The van der Waals surface area contributed by atoms with E-state index in [2.05, 4.69) is 48.3 Å². The van der Waals surface area contributed by atoms with E-state index in [4.69, 9.17) is 0 Å². The van der Waals surface area contributed by atoms with Crippen LogP contribution in [0.4, 0.5) is 0 Å². The van der Waals surface area contributed by atoms with Gasteiger partial charge < -0.3 is 10.6 Å². The molecular formula is C20H36ClN5O. The van der Waals surface area contributed by atoms with Gasteiger partial charge in [0.05, 0.1) is 6.04 Å². The number of amides is 1. The number of rotatable bonds is 5. The van der Waals surface area contributed by atoms with E-state index in [-0.39, 0.29) is 23.9 Å². The number of halogens is 1. The van der Waals surface area contributed by atoms with Crippen LogP contribution in [0.5, 0.6) is 0 Å². The zero-order valence-electron chi connectivity index (χ0n) is 17.2. The normalized spacial score (nSPS) is 27.0. The van der Waals surface area contributed by atoms with E-state index in [1.54, 1.807) is 0 Å². The van der Waals surface area contributed by atoms with Crippen LogP contribution in [0.1, 0.15) is 63.5 Å². The number of nitrogens with one attached hydrogen (secondary N) is 2. The van der Waals surface area contributed by atoms with Gasteiger partial charge in [-0.05, 0) is 57.6 Å². The highest BCUT2D eigenvalue weighted by atomic mass is 35.5. The molecule has 7 heteroatoms. The van der Waals surface area contributed by atoms with Crippen molar-refractivity contribution in [2.45, 2.75) is 58.5 Å². The molecule has 3 heterocycles. The predicted octanol–water partition coefficient (Wildman–Crippen LogP) is 2.72. The van der Waals surface area contributed by atoms with Crippen LogP contribution in [0.25, 0.3) is 0 Å². The molecule has 3 unspecified atom stereocenters. The van der Waals surface area contributed by atoms with Gasteiger partial charge in [0.1, 0.15) is 5.69 Å². The Morgan fingerprint density at radius 3 is 2.67 bits per heavy atom. The largest absolute Gasteiger partial charge is 0.349 e. The molecule has 0 aliphatic carbocycles. The van der Waals surface area contributed by atoms with Crippen molar-refractivity contribution in [2.24, 2.45) is 11.8 Å². The smallest absolute Gasteiger partial charge is 0.271 e. The lowest BCUT2D eigenvalue weighted by Crippen LogP contribution is -2.56. The molecule has 27 heavy (non-hydrogen) atoms. The number of carbonyl (C=O) groups excluding carboxylic acids is 1. The van der Waals surface area contributed by atoms with E-state index >= 15 is 0 Å². The average Bonchev–Trinajstić information content (AvgIpc) is 3.10. The number of aromatic nitrogens is 2. The van der Waals surface area contributed by atoms with Crippen molar-refractivity contribution in [1.82, 2.24) is 25.3 Å². The second-order valence-corrected chi connectivity index (χ2v) is 9.03. The van der Waals surface area contributed by atoms with Gasteiger partial charge in [0.25, 0.3) is 5.91 Å². The first-order valence-corrected chi connectivity index (χ1v) is 10.1. The van der Waals surface area contributed by atoms with Crippen LogP contribution >= 0.6 is 12.4 Å². The summed E-state index contributed by atoms with van der Waals surface area (Å²) in [5.74, 6) is 1.36. The fourth-order valence-electron chi connectivity index (χ4n) is 4.38. The van der Waals surface area contributed by atoms with Crippen LogP contribution in [0.2, 0.25) is 0 Å². The number of piperidine rings is 2. The highest BCUT2D eigenvalue weighted by Crippen LogP contribution is 2.27. The minimum atomic E-state index is -0.0706. The second kappa shape index (κ2) is 9.39. The highest BCUT2D eigenvalue weighted by molar-refractivity contribution is 5.92. The summed E-state index contributed by atoms with van der Waals surface area (Å²) < 4.78 is 1.94. The molecule has 0 bridgehead atoms. The molecule has 2 fully saturated rings. The molecule has 0 spiro atoms. The lowest BCUT2D eigenvalue weighted by molar-refractivity contribution is 0.0444. The summed E-state index contributed by atoms with van der Waals surface area (Å²) in [4.78, 5) is 15.1. The first-order chi connectivity index (χ1) is 12.3. The van der Waals surface area contributed by atoms with Gasteiger partial charge in [-0.3, -0.25) is 14.4 Å². The molecule has 1 aromatic rings. The summed E-state index contributed by atoms with van der Waals surface area (Å²) in [6.45, 7) is 14.0. The maximum atomic E-state index is 12.6. The molecule has 1 aromatic heterocycles. The standard InChI is InChI=1S/C20H35N5O.ClH/c1-15-10-16(2)13-24(12-15)20(3,4)14-22-19(26)18-7-9-25(23-18)17-6-5-8-21-11-17;/h7,9,15-17,21H,5-6,8,10-14H2,1-4H3,(H,22,26);1H. The van der Waals surface area contributed by atoms with Crippen molar-refractivity contribution in [3.63, 3.8) is 0 Å². The minimum Gasteiger partial charge on any atom is -0.349 e. The first kappa shape index (κ1) is 22.2. The van der Waals surface area contributed by atoms with Gasteiger partial charge in [0.15, 0.2) is 0 Å². The zero-order valence-corrected chi connectivity index (χ0v) is 18.0. The van der Waals surface area contributed by atoms with Gasteiger partial charge in [-0.1, -0.05) is 13.8 Å². The van der Waals surface area contributed by atoms with Gasteiger partial charge in [-0.2, -0.15) is 5.10 Å². The Balaban J connectivity index is 0.00000261. The average molecular weight is 398 g/mol. The van der Waals surface area contributed by atoms with E-state index < -0.39 is 0 Å². The summed E-state index contributed by atoms with van der Waals surface area (Å²) in [6.07, 6.45) is 5.51. The maximum Gasteiger partial charge on any atom is 0.271 e. The summed E-state index contributed by atoms with van der Waals surface area (Å²) in [5, 5.41) is 11.0. The van der Waals surface area contributed by atoms with E-state index in [9.17, 15) is 4.79 Å². The molecule has 0 radical (unpaired) electrons. The molecule has 0 saturated carbocycles. The molecule has 2 aliphatic heterocycles. The van der Waals surface area contributed by atoms with Crippen molar-refractivity contribution >= 4 is 18.3 Å². The molecule has 1 amide bonds. The molecule has 2 N–H and O–H groups in total. The Bertz CT molecular complexity index is 601. The van der Waals surface area contributed by atoms with E-state index in [1.807, 2.05) is 16.9 Å². The highest BCUT2D eigenvalue weighted by Gasteiger charge is 2.33. The Kier molecular flexibility index (Phi) is 7.72. The number of likely N-dealkylation sites (tertiary alicyclic amines) is 1. The lowest BCUT2D eigenvalue weighted by Gasteiger charge is -2.45. The van der Waals surface area contributed by atoms with Crippen molar-refractivity contribution < 1.29 is 4.79 Å². The molecule has 3 atom stereocenters. The van der Waals surface area contributed by atoms with Gasteiger partial charge in [0.2, 0.25) is 0 Å². The molecule has 0 aromatic carbocycles. The molecular weight excluding hydrogens is 362 g/mol. The van der Waals surface area contributed by atoms with E-state index in [0.29, 0.717) is 30.1 Å². The monoisotopic (exact) mass is 397 g/mol. The Labute approximate surface area is 169 Å². The van der Waals surface area contributed by atoms with Crippen molar-refractivity contribution in [2.75, 3.05) is 32.7 Å². The van der Waals surface area contributed by atoms with Crippen LogP contribution in [-0.4, -0.2) is 58.9 Å². The fraction of sp³-hybridized carbons (Fsp3) is 0.800. The summed E-state index contributed by atoms with van der Waals surface area (Å²) >= 11 is 0. The maximum absolute atomic E-state index is 12.6. The van der Waals surface area contributed by atoms with Crippen LogP contribution in [0.3, 0.4) is 0 Å². The topological polar surface area (TPSA) is 62.2 Å². The SMILES string of the molecule is CC1CC(C)CN(C(C)(C)CNC(=O)c2ccn(C3CCCNC3)n2)C1.Cl. The lowest BCUT2D eigenvalue weighted by atomic mass is 9.88. The predicted molar refractivity (Wildman–Crippen MR) is 112 cm³/mol. The van der Waals surface area contributed by atoms with Crippen molar-refractivity contribution in [1.29, 1.82) is 0 Å². The summed E-state index contributed by atoms with van der Waals surface area (Å²) in [6, 6.07) is 2.19. The third kappa shape index (κ3) is 5.69. The van der Waals surface area contributed by atoms with Crippen molar-refractivity contribution in [3.8, 4) is 0 Å². The molecule has 3 rings (SSSR count). The van der Waals surface area contributed by atoms with Gasteiger partial charge >= 0.3 is 0 Å². The molecule has 154 valence electrons. The van der Waals surface area contributed by atoms with Crippen LogP contribution in [-0.2, 0) is 0 Å². The third-order valence-corrected chi connectivity index (χ3v) is 5.89. The zero-order chi connectivity index (χ0) is 18.7. The Morgan fingerprint density at radius 2 is 2.04 bits per heavy atom. The first-order valence-electron chi connectivity index (χ1n) is 10.1. The second-order valence-electron chi connectivity index (χ2n) is 9.03. The van der Waals surface area contributed by atoms with Crippen molar-refractivity contribution in [3.05, 3.63) is 18.0 Å². The fourth-order valence-corrected chi connectivity index (χ4v) is 4.38. The number of hydrogen-bond donors (Lipinski definition) is 2. The van der Waals surface area contributed by atoms with E-state index in [0.717, 1.165) is 39.0 Å². The number of nitrogens with zero attached hydrogens (tertiary/aromatic N) is 3. The van der Waals surface area contributed by atoms with Crippen LogP contribution in [0, 0.1) is 11.8 Å². The summed E-state index contributed by atoms with van der Waals surface area (Å²) in [7, 11) is 0. The number of carbonyl (C=O) groups is 1. The molecule has 2 saturated heterocycles. The number of hydrogen-bond acceptors (Lipinski definition) is 4. The quantitative estimate of drug-likeness (QED) is 0.801. The molecule has 6 nitrogen and oxygen atoms in total. The minimum absolute atomic E-state index is 0.